The summed E-state index contributed by atoms with van der Waals surface area (Å²) in [4.78, 5) is 30.7. The molecule has 0 bridgehead atoms. The van der Waals surface area contributed by atoms with Crippen molar-refractivity contribution in [2.75, 3.05) is 12.4 Å². The van der Waals surface area contributed by atoms with Crippen LogP contribution >= 0.6 is 38.5 Å². The third kappa shape index (κ3) is 7.46. The van der Waals surface area contributed by atoms with E-state index in [2.05, 4.69) is 21.2 Å². The molecule has 0 atom stereocenters. The number of benzene rings is 2. The summed E-state index contributed by atoms with van der Waals surface area (Å²) >= 11 is 2.15. The van der Waals surface area contributed by atoms with Gasteiger partial charge in [0.1, 0.15) is 23.9 Å². The molecule has 9 heteroatoms. The van der Waals surface area contributed by atoms with Crippen LogP contribution in [0.1, 0.15) is 24.2 Å². The highest BCUT2D eigenvalue weighted by Gasteiger charge is 2.13. The van der Waals surface area contributed by atoms with Gasteiger partial charge >= 0.3 is 5.97 Å². The Morgan fingerprint density at radius 1 is 1.11 bits per heavy atom. The van der Waals surface area contributed by atoms with E-state index < -0.39 is 14.3 Å². The maximum atomic E-state index is 12.3. The van der Waals surface area contributed by atoms with E-state index in [0.717, 1.165) is 0 Å². The van der Waals surface area contributed by atoms with E-state index in [4.69, 9.17) is 14.2 Å². The maximum absolute atomic E-state index is 12.3. The topological polar surface area (TPSA) is 85.2 Å². The Hall–Kier alpha value is -1.06. The summed E-state index contributed by atoms with van der Waals surface area (Å²) in [7, 11) is -0.575. The van der Waals surface area contributed by atoms with Crippen LogP contribution < -0.4 is 14.8 Å². The summed E-state index contributed by atoms with van der Waals surface area (Å²) in [6.45, 7) is 4.11. The van der Waals surface area contributed by atoms with Crippen molar-refractivity contribution in [2.45, 2.75) is 20.0 Å². The summed E-state index contributed by atoms with van der Waals surface area (Å²) < 4.78 is 16.8. The van der Waals surface area contributed by atoms with Crippen molar-refractivity contribution in [1.29, 1.82) is 0 Å². The minimum Gasteiger partial charge on any atom is -0.491 e. The Balaban J connectivity index is 2.22. The van der Waals surface area contributed by atoms with Gasteiger partial charge in [-0.25, -0.2) is 4.79 Å². The van der Waals surface area contributed by atoms with Gasteiger partial charge < -0.3 is 24.0 Å². The van der Waals surface area contributed by atoms with Crippen molar-refractivity contribution in [3.63, 3.8) is 0 Å². The zero-order chi connectivity index (χ0) is 19.8. The number of carbonyl (C=O) groups is 1. The van der Waals surface area contributed by atoms with Crippen LogP contribution in [0.3, 0.4) is 0 Å². The van der Waals surface area contributed by atoms with E-state index in [9.17, 15) is 14.6 Å². The van der Waals surface area contributed by atoms with E-state index in [-0.39, 0.29) is 6.10 Å². The lowest BCUT2D eigenvalue weighted by molar-refractivity contribution is 0.0529. The minimum atomic E-state index is -2.14. The number of rotatable bonds is 9. The lowest BCUT2D eigenvalue weighted by Gasteiger charge is -2.14. The van der Waals surface area contributed by atoms with Gasteiger partial charge in [0.2, 0.25) is 0 Å². The van der Waals surface area contributed by atoms with E-state index in [1.54, 1.807) is 51.4 Å². The highest BCUT2D eigenvalue weighted by atomic mass is 127. The van der Waals surface area contributed by atoms with Crippen LogP contribution in [0, 0.1) is 0 Å². The molecule has 0 aliphatic rings. The van der Waals surface area contributed by atoms with Gasteiger partial charge in [-0.05, 0) is 71.5 Å². The molecular formula is C18H20IO6PS. The standard InChI is InChI=1S/C18H20IO6PS/c1-12(2)24-15-9-13(18(20)23-7-8-27-19)10-16(11-15)25-14-3-5-17(6-4-14)26(21)22/h3-6,9-12,21-22H,7-8H2,1-2H3. The molecule has 0 spiro atoms. The molecule has 0 aliphatic heterocycles. The first-order valence-electron chi connectivity index (χ1n) is 8.07. The first-order chi connectivity index (χ1) is 12.9. The van der Waals surface area contributed by atoms with E-state index in [1.807, 2.05) is 13.8 Å². The van der Waals surface area contributed by atoms with E-state index in [1.165, 1.54) is 0 Å². The number of esters is 1. The molecule has 2 aromatic rings. The summed E-state index contributed by atoms with van der Waals surface area (Å²) in [5, 5.41) is 0.423. The fraction of sp³-hybridized carbons (Fsp3) is 0.278. The average molecular weight is 522 g/mol. The predicted octanol–water partition coefficient (Wildman–Crippen LogP) is 4.43. The number of carbonyl (C=O) groups excluding carboxylic acids is 1. The van der Waals surface area contributed by atoms with Crippen molar-refractivity contribution in [3.8, 4) is 17.2 Å². The summed E-state index contributed by atoms with van der Waals surface area (Å²) in [5.74, 6) is 1.69. The molecule has 2 N–H and O–H groups in total. The molecule has 2 aromatic carbocycles. The van der Waals surface area contributed by atoms with Crippen LogP contribution in [0.5, 0.6) is 17.2 Å². The zero-order valence-electron chi connectivity index (χ0n) is 14.8. The van der Waals surface area contributed by atoms with Gasteiger partial charge in [0, 0.05) is 17.1 Å². The molecular weight excluding hydrogens is 502 g/mol. The highest BCUT2D eigenvalue weighted by molar-refractivity contribution is 14.2. The first-order valence-corrected chi connectivity index (χ1v) is 12.8. The third-order valence-corrected chi connectivity index (χ3v) is 5.59. The maximum Gasteiger partial charge on any atom is 0.338 e. The van der Waals surface area contributed by atoms with Crippen molar-refractivity contribution >= 4 is 49.8 Å². The molecule has 27 heavy (non-hydrogen) atoms. The number of hydrogen-bond donors (Lipinski definition) is 2. The molecule has 0 fully saturated rings. The van der Waals surface area contributed by atoms with Gasteiger partial charge in [-0.1, -0.05) is 8.93 Å². The average Bonchev–Trinajstić information content (AvgIpc) is 2.61. The van der Waals surface area contributed by atoms with Gasteiger partial charge in [0.25, 0.3) is 0 Å². The SMILES string of the molecule is CC(C)Oc1cc(Oc2ccc(P(O)O)cc2)cc(C(=O)OCCSI)c1. The molecule has 0 heterocycles. The Kier molecular flexibility index (Phi) is 9.11. The van der Waals surface area contributed by atoms with Crippen LogP contribution in [0.25, 0.3) is 0 Å². The fourth-order valence-electron chi connectivity index (χ4n) is 2.12. The van der Waals surface area contributed by atoms with Crippen LogP contribution in [0.15, 0.2) is 42.5 Å². The lowest BCUT2D eigenvalue weighted by atomic mass is 10.2. The third-order valence-electron chi connectivity index (χ3n) is 3.18. The van der Waals surface area contributed by atoms with Gasteiger partial charge in [-0.3, -0.25) is 0 Å². The van der Waals surface area contributed by atoms with Gasteiger partial charge in [-0.15, -0.1) is 0 Å². The van der Waals surface area contributed by atoms with Gasteiger partial charge in [0.05, 0.1) is 11.7 Å². The van der Waals surface area contributed by atoms with Crippen LogP contribution in [0.2, 0.25) is 0 Å². The molecule has 6 nitrogen and oxygen atoms in total. The molecule has 0 radical (unpaired) electrons. The van der Waals surface area contributed by atoms with Crippen molar-refractivity contribution < 1.29 is 28.8 Å². The Morgan fingerprint density at radius 3 is 2.37 bits per heavy atom. The van der Waals surface area contributed by atoms with Crippen LogP contribution in [-0.2, 0) is 4.74 Å². The number of ether oxygens (including phenoxy) is 3. The molecule has 0 unspecified atom stereocenters. The normalized spacial score (nSPS) is 10.9. The zero-order valence-corrected chi connectivity index (χ0v) is 18.7. The number of hydrogen-bond acceptors (Lipinski definition) is 7. The summed E-state index contributed by atoms with van der Waals surface area (Å²) in [6, 6.07) is 11.3. The fourth-order valence-corrected chi connectivity index (χ4v) is 3.22. The second kappa shape index (κ2) is 11.1. The molecule has 0 saturated carbocycles. The second-order valence-electron chi connectivity index (χ2n) is 5.69. The molecule has 146 valence electrons. The second-order valence-corrected chi connectivity index (χ2v) is 9.28. The predicted molar refractivity (Wildman–Crippen MR) is 116 cm³/mol. The first kappa shape index (κ1) is 22.2. The molecule has 0 aromatic heterocycles. The van der Waals surface area contributed by atoms with E-state index in [0.29, 0.717) is 40.5 Å². The summed E-state index contributed by atoms with van der Waals surface area (Å²) in [6.07, 6.45) is -0.0628. The van der Waals surface area contributed by atoms with Crippen molar-refractivity contribution in [3.05, 3.63) is 48.0 Å². The molecule has 0 amide bonds. The summed E-state index contributed by atoms with van der Waals surface area (Å²) in [5.41, 5.74) is 0.340. The Morgan fingerprint density at radius 2 is 1.78 bits per heavy atom. The van der Waals surface area contributed by atoms with Crippen LogP contribution in [-0.4, -0.2) is 34.2 Å². The smallest absolute Gasteiger partial charge is 0.338 e. The largest absolute Gasteiger partial charge is 0.491 e. The molecule has 2 rings (SSSR count). The van der Waals surface area contributed by atoms with Crippen molar-refractivity contribution in [1.82, 2.24) is 0 Å². The van der Waals surface area contributed by atoms with Gasteiger partial charge in [0.15, 0.2) is 8.38 Å². The Labute approximate surface area is 175 Å². The molecule has 0 aliphatic carbocycles. The minimum absolute atomic E-state index is 0.0628. The van der Waals surface area contributed by atoms with Crippen molar-refractivity contribution in [2.24, 2.45) is 0 Å². The monoisotopic (exact) mass is 522 g/mol. The lowest BCUT2D eigenvalue weighted by Crippen LogP contribution is -2.10. The van der Waals surface area contributed by atoms with Crippen LogP contribution in [0.4, 0.5) is 0 Å². The quantitative estimate of drug-likeness (QED) is 0.218. The Bertz CT molecular complexity index is 754. The number of halogens is 1. The van der Waals surface area contributed by atoms with Gasteiger partial charge in [-0.2, -0.15) is 0 Å². The van der Waals surface area contributed by atoms with E-state index >= 15 is 0 Å². The highest BCUT2D eigenvalue weighted by Crippen LogP contribution is 2.30. The molecule has 0 saturated heterocycles.